The van der Waals surface area contributed by atoms with Crippen molar-refractivity contribution in [3.8, 4) is 11.1 Å². The first-order valence-electron chi connectivity index (χ1n) is 7.23. The van der Waals surface area contributed by atoms with Gasteiger partial charge in [-0.1, -0.05) is 48.9 Å². The van der Waals surface area contributed by atoms with Crippen LogP contribution in [0.2, 0.25) is 0 Å². The molecule has 0 aromatic heterocycles. The van der Waals surface area contributed by atoms with Crippen molar-refractivity contribution in [2.75, 3.05) is 5.73 Å². The Kier molecular flexibility index (Phi) is 3.55. The first-order valence-corrected chi connectivity index (χ1v) is 7.23. The Balaban J connectivity index is 1.88. The molecular formula is C18H19NO. The van der Waals surface area contributed by atoms with E-state index in [4.69, 9.17) is 5.73 Å². The number of anilines is 1. The maximum absolute atomic E-state index is 12.0. The van der Waals surface area contributed by atoms with Gasteiger partial charge in [0.2, 0.25) is 0 Å². The average Bonchev–Trinajstić information content (AvgIpc) is 2.49. The number of nitrogen functional groups attached to an aromatic ring is 1. The molecule has 2 aromatic rings. The summed E-state index contributed by atoms with van der Waals surface area (Å²) < 4.78 is 0. The van der Waals surface area contributed by atoms with Crippen molar-refractivity contribution in [1.82, 2.24) is 0 Å². The van der Waals surface area contributed by atoms with Gasteiger partial charge in [0, 0.05) is 23.6 Å². The standard InChI is InChI=1S/C18H19NO/c19-17-7-3-1-5-15(17)13-9-11-14(12-10-13)16-6-2-4-8-18(16)20/h1,3,5,7,9-12,16H,2,4,6,8,19H2. The first kappa shape index (κ1) is 12.9. The molecule has 0 aliphatic heterocycles. The van der Waals surface area contributed by atoms with E-state index < -0.39 is 0 Å². The summed E-state index contributed by atoms with van der Waals surface area (Å²) >= 11 is 0. The van der Waals surface area contributed by atoms with Crippen LogP contribution in [0.25, 0.3) is 11.1 Å². The first-order chi connectivity index (χ1) is 9.75. The summed E-state index contributed by atoms with van der Waals surface area (Å²) in [6.45, 7) is 0. The van der Waals surface area contributed by atoms with Crippen LogP contribution in [-0.2, 0) is 4.79 Å². The minimum absolute atomic E-state index is 0.103. The molecule has 1 atom stereocenters. The Morgan fingerprint density at radius 2 is 1.70 bits per heavy atom. The molecule has 0 heterocycles. The quantitative estimate of drug-likeness (QED) is 0.828. The maximum atomic E-state index is 12.0. The number of ketones is 1. The van der Waals surface area contributed by atoms with Crippen LogP contribution >= 0.6 is 0 Å². The highest BCUT2D eigenvalue weighted by Crippen LogP contribution is 2.32. The average molecular weight is 265 g/mol. The molecule has 2 N–H and O–H groups in total. The number of carbonyl (C=O) groups is 1. The lowest BCUT2D eigenvalue weighted by Crippen LogP contribution is -2.16. The summed E-state index contributed by atoms with van der Waals surface area (Å²) in [4.78, 5) is 12.0. The van der Waals surface area contributed by atoms with E-state index >= 15 is 0 Å². The van der Waals surface area contributed by atoms with Gasteiger partial charge in [-0.3, -0.25) is 4.79 Å². The Morgan fingerprint density at radius 3 is 2.40 bits per heavy atom. The molecule has 0 radical (unpaired) electrons. The van der Waals surface area contributed by atoms with Crippen LogP contribution in [0.5, 0.6) is 0 Å². The lowest BCUT2D eigenvalue weighted by atomic mass is 9.82. The predicted molar refractivity (Wildman–Crippen MR) is 82.5 cm³/mol. The molecule has 0 saturated heterocycles. The fraction of sp³-hybridized carbons (Fsp3) is 0.278. The second kappa shape index (κ2) is 5.49. The summed E-state index contributed by atoms with van der Waals surface area (Å²) in [5.41, 5.74) is 10.1. The highest BCUT2D eigenvalue weighted by Gasteiger charge is 2.23. The van der Waals surface area contributed by atoms with Crippen LogP contribution in [0.15, 0.2) is 48.5 Å². The zero-order chi connectivity index (χ0) is 13.9. The molecule has 2 heteroatoms. The van der Waals surface area contributed by atoms with Gasteiger partial charge in [-0.2, -0.15) is 0 Å². The number of carbonyl (C=O) groups excluding carboxylic acids is 1. The van der Waals surface area contributed by atoms with E-state index in [-0.39, 0.29) is 5.92 Å². The number of hydrogen-bond donors (Lipinski definition) is 1. The number of rotatable bonds is 2. The molecule has 2 aromatic carbocycles. The van der Waals surface area contributed by atoms with E-state index in [9.17, 15) is 4.79 Å². The highest BCUT2D eigenvalue weighted by molar-refractivity contribution is 5.86. The summed E-state index contributed by atoms with van der Waals surface area (Å²) in [7, 11) is 0. The van der Waals surface area contributed by atoms with E-state index in [1.807, 2.05) is 24.3 Å². The number of benzene rings is 2. The topological polar surface area (TPSA) is 43.1 Å². The second-order valence-corrected chi connectivity index (χ2v) is 5.47. The Bertz CT molecular complexity index is 616. The highest BCUT2D eigenvalue weighted by atomic mass is 16.1. The summed E-state index contributed by atoms with van der Waals surface area (Å²) in [6, 6.07) is 16.2. The van der Waals surface area contributed by atoms with Crippen molar-refractivity contribution in [3.63, 3.8) is 0 Å². The van der Waals surface area contributed by atoms with Crippen LogP contribution in [-0.4, -0.2) is 5.78 Å². The normalized spacial score (nSPS) is 19.0. The van der Waals surface area contributed by atoms with E-state index in [0.29, 0.717) is 5.78 Å². The molecule has 1 fully saturated rings. The summed E-state index contributed by atoms with van der Waals surface area (Å²) in [6.07, 6.45) is 3.93. The molecule has 1 aliphatic rings. The number of Topliss-reactive ketones (excluding diaryl/α,β-unsaturated/α-hetero) is 1. The van der Waals surface area contributed by atoms with Gasteiger partial charge in [0.1, 0.15) is 5.78 Å². The van der Waals surface area contributed by atoms with E-state index in [1.54, 1.807) is 0 Å². The third kappa shape index (κ3) is 2.46. The Morgan fingerprint density at radius 1 is 0.950 bits per heavy atom. The van der Waals surface area contributed by atoms with Gasteiger partial charge in [0.25, 0.3) is 0 Å². The maximum Gasteiger partial charge on any atom is 0.140 e. The van der Waals surface area contributed by atoms with Gasteiger partial charge < -0.3 is 5.73 Å². The van der Waals surface area contributed by atoms with Gasteiger partial charge >= 0.3 is 0 Å². The molecular weight excluding hydrogens is 246 g/mol. The van der Waals surface area contributed by atoms with E-state index in [1.165, 1.54) is 0 Å². The monoisotopic (exact) mass is 265 g/mol. The van der Waals surface area contributed by atoms with E-state index in [2.05, 4.69) is 24.3 Å². The molecule has 1 aliphatic carbocycles. The van der Waals surface area contributed by atoms with Crippen molar-refractivity contribution < 1.29 is 4.79 Å². The number of hydrogen-bond acceptors (Lipinski definition) is 2. The van der Waals surface area contributed by atoms with Crippen molar-refractivity contribution in [2.45, 2.75) is 31.6 Å². The second-order valence-electron chi connectivity index (χ2n) is 5.47. The van der Waals surface area contributed by atoms with Crippen LogP contribution in [0.3, 0.4) is 0 Å². The van der Waals surface area contributed by atoms with Crippen LogP contribution < -0.4 is 5.73 Å². The molecule has 3 rings (SSSR count). The third-order valence-corrected chi connectivity index (χ3v) is 4.14. The fourth-order valence-corrected chi connectivity index (χ4v) is 2.99. The van der Waals surface area contributed by atoms with Crippen molar-refractivity contribution in [1.29, 1.82) is 0 Å². The van der Waals surface area contributed by atoms with E-state index in [0.717, 1.165) is 48.1 Å². The smallest absolute Gasteiger partial charge is 0.140 e. The van der Waals surface area contributed by atoms with Crippen molar-refractivity contribution in [3.05, 3.63) is 54.1 Å². The largest absolute Gasteiger partial charge is 0.398 e. The third-order valence-electron chi connectivity index (χ3n) is 4.14. The molecule has 20 heavy (non-hydrogen) atoms. The van der Waals surface area contributed by atoms with Crippen LogP contribution in [0, 0.1) is 0 Å². The van der Waals surface area contributed by atoms with Gasteiger partial charge in [0.15, 0.2) is 0 Å². The zero-order valence-corrected chi connectivity index (χ0v) is 11.5. The van der Waals surface area contributed by atoms with Crippen molar-refractivity contribution in [2.24, 2.45) is 0 Å². The molecule has 102 valence electrons. The lowest BCUT2D eigenvalue weighted by Gasteiger charge is -2.21. The minimum atomic E-state index is 0.103. The fourth-order valence-electron chi connectivity index (χ4n) is 2.99. The molecule has 0 amide bonds. The minimum Gasteiger partial charge on any atom is -0.398 e. The van der Waals surface area contributed by atoms with Gasteiger partial charge in [-0.15, -0.1) is 0 Å². The predicted octanol–water partition coefficient (Wildman–Crippen LogP) is 4.16. The lowest BCUT2D eigenvalue weighted by molar-refractivity contribution is -0.121. The summed E-state index contributed by atoms with van der Waals surface area (Å²) in [5, 5.41) is 0. The van der Waals surface area contributed by atoms with Crippen molar-refractivity contribution >= 4 is 11.5 Å². The van der Waals surface area contributed by atoms with Gasteiger partial charge in [-0.05, 0) is 30.0 Å². The van der Waals surface area contributed by atoms with Gasteiger partial charge in [0.05, 0.1) is 0 Å². The Hall–Kier alpha value is -2.09. The number of para-hydroxylation sites is 1. The molecule has 1 saturated carbocycles. The summed E-state index contributed by atoms with van der Waals surface area (Å²) in [5.74, 6) is 0.495. The Labute approximate surface area is 119 Å². The molecule has 2 nitrogen and oxygen atoms in total. The SMILES string of the molecule is Nc1ccccc1-c1ccc(C2CCCCC2=O)cc1. The van der Waals surface area contributed by atoms with Crippen LogP contribution in [0.4, 0.5) is 5.69 Å². The van der Waals surface area contributed by atoms with Crippen LogP contribution in [0.1, 0.15) is 37.2 Å². The molecule has 0 bridgehead atoms. The zero-order valence-electron chi connectivity index (χ0n) is 11.5. The van der Waals surface area contributed by atoms with Gasteiger partial charge in [-0.25, -0.2) is 0 Å². The number of nitrogens with two attached hydrogens (primary N) is 1. The molecule has 0 spiro atoms. The molecule has 1 unspecified atom stereocenters.